The van der Waals surface area contributed by atoms with Crippen LogP contribution in [0.5, 0.6) is 0 Å². The third kappa shape index (κ3) is 3.86. The Morgan fingerprint density at radius 3 is 2.82 bits per heavy atom. The molecule has 1 fully saturated rings. The van der Waals surface area contributed by atoms with Crippen molar-refractivity contribution < 1.29 is 9.21 Å². The SMILES string of the molecule is Cc1nn(CC(C)C)c2sc(C(=O)NC[C@H](c3ccco3)N3CCCC3)cc12. The Labute approximate surface area is 169 Å². The van der Waals surface area contributed by atoms with Gasteiger partial charge in [0.2, 0.25) is 0 Å². The Kier molecular flexibility index (Phi) is 5.55. The molecular formula is C21H28N4O2S. The Bertz CT molecular complexity index is 935. The first-order valence-corrected chi connectivity index (χ1v) is 10.9. The van der Waals surface area contributed by atoms with Crippen LogP contribution in [0.15, 0.2) is 28.9 Å². The number of furan rings is 1. The van der Waals surface area contributed by atoms with Gasteiger partial charge in [0, 0.05) is 18.5 Å². The quantitative estimate of drug-likeness (QED) is 0.645. The minimum absolute atomic E-state index is 0.0209. The molecule has 0 unspecified atom stereocenters. The highest BCUT2D eigenvalue weighted by atomic mass is 32.1. The summed E-state index contributed by atoms with van der Waals surface area (Å²) >= 11 is 1.53. The first-order valence-electron chi connectivity index (χ1n) is 10.1. The second-order valence-corrected chi connectivity index (χ2v) is 9.01. The monoisotopic (exact) mass is 400 g/mol. The summed E-state index contributed by atoms with van der Waals surface area (Å²) in [6.45, 7) is 9.88. The van der Waals surface area contributed by atoms with E-state index in [9.17, 15) is 4.79 Å². The van der Waals surface area contributed by atoms with Crippen LogP contribution in [0, 0.1) is 12.8 Å². The number of thiophene rings is 1. The molecule has 0 spiro atoms. The third-order valence-corrected chi connectivity index (χ3v) is 6.43. The summed E-state index contributed by atoms with van der Waals surface area (Å²) in [4.78, 5) is 17.1. The number of fused-ring (bicyclic) bond motifs is 1. The van der Waals surface area contributed by atoms with Crippen molar-refractivity contribution in [1.82, 2.24) is 20.0 Å². The van der Waals surface area contributed by atoms with E-state index in [2.05, 4.69) is 29.2 Å². The van der Waals surface area contributed by atoms with Crippen LogP contribution in [0.4, 0.5) is 0 Å². The number of likely N-dealkylation sites (tertiary alicyclic amines) is 1. The van der Waals surface area contributed by atoms with Gasteiger partial charge in [0.05, 0.1) is 22.9 Å². The molecular weight excluding hydrogens is 372 g/mol. The molecule has 1 aliphatic rings. The van der Waals surface area contributed by atoms with Gasteiger partial charge in [-0.05, 0) is 57.0 Å². The predicted octanol–water partition coefficient (Wildman–Crippen LogP) is 4.22. The zero-order chi connectivity index (χ0) is 19.7. The molecule has 1 aliphatic heterocycles. The fourth-order valence-electron chi connectivity index (χ4n) is 3.91. The summed E-state index contributed by atoms with van der Waals surface area (Å²) in [7, 11) is 0. The van der Waals surface area contributed by atoms with Gasteiger partial charge in [-0.3, -0.25) is 14.4 Å². The van der Waals surface area contributed by atoms with E-state index >= 15 is 0 Å². The normalized spacial score (nSPS) is 16.3. The lowest BCUT2D eigenvalue weighted by atomic mass is 10.2. The van der Waals surface area contributed by atoms with E-state index < -0.39 is 0 Å². The van der Waals surface area contributed by atoms with Gasteiger partial charge in [0.25, 0.3) is 5.91 Å². The number of amides is 1. The number of nitrogens with one attached hydrogen (secondary N) is 1. The molecule has 28 heavy (non-hydrogen) atoms. The number of carbonyl (C=O) groups excluding carboxylic acids is 1. The standard InChI is InChI=1S/C21H28N4O2S/c1-14(2)13-25-21-16(15(3)23-25)11-19(28-21)20(26)22-12-17(18-7-6-10-27-18)24-8-4-5-9-24/h6-7,10-11,14,17H,4-5,8-9,12-13H2,1-3H3,(H,22,26)/t17-/m1/s1. The number of hydrogen-bond acceptors (Lipinski definition) is 5. The van der Waals surface area contributed by atoms with Crippen LogP contribution in [-0.4, -0.2) is 40.2 Å². The molecule has 1 N–H and O–H groups in total. The lowest BCUT2D eigenvalue weighted by Crippen LogP contribution is -2.36. The van der Waals surface area contributed by atoms with Gasteiger partial charge in [0.1, 0.15) is 10.6 Å². The van der Waals surface area contributed by atoms with Crippen LogP contribution in [0.25, 0.3) is 10.2 Å². The highest BCUT2D eigenvalue weighted by Gasteiger charge is 2.26. The fraction of sp³-hybridized carbons (Fsp3) is 0.524. The van der Waals surface area contributed by atoms with Crippen molar-refractivity contribution in [3.63, 3.8) is 0 Å². The van der Waals surface area contributed by atoms with Crippen molar-refractivity contribution in [2.75, 3.05) is 19.6 Å². The summed E-state index contributed by atoms with van der Waals surface area (Å²) < 4.78 is 7.68. The number of rotatable bonds is 7. The molecule has 0 bridgehead atoms. The highest BCUT2D eigenvalue weighted by molar-refractivity contribution is 7.20. The van der Waals surface area contributed by atoms with Gasteiger partial charge < -0.3 is 9.73 Å². The van der Waals surface area contributed by atoms with Gasteiger partial charge in [-0.1, -0.05) is 13.8 Å². The van der Waals surface area contributed by atoms with Crippen LogP contribution in [-0.2, 0) is 6.54 Å². The smallest absolute Gasteiger partial charge is 0.261 e. The zero-order valence-electron chi connectivity index (χ0n) is 16.8. The summed E-state index contributed by atoms with van der Waals surface area (Å²) in [5.74, 6) is 1.41. The number of hydrogen-bond donors (Lipinski definition) is 1. The molecule has 3 aromatic heterocycles. The Hall–Kier alpha value is -2.12. The number of nitrogens with zero attached hydrogens (tertiary/aromatic N) is 3. The topological polar surface area (TPSA) is 63.3 Å². The molecule has 1 saturated heterocycles. The number of aryl methyl sites for hydroxylation is 1. The maximum absolute atomic E-state index is 12.9. The van der Waals surface area contributed by atoms with E-state index in [4.69, 9.17) is 4.42 Å². The molecule has 4 rings (SSSR count). The number of carbonyl (C=O) groups is 1. The van der Waals surface area contributed by atoms with Crippen molar-refractivity contribution >= 4 is 27.5 Å². The molecule has 0 aromatic carbocycles. The van der Waals surface area contributed by atoms with Crippen LogP contribution in [0.1, 0.15) is 53.9 Å². The van der Waals surface area contributed by atoms with Crippen molar-refractivity contribution in [3.05, 3.63) is 40.8 Å². The van der Waals surface area contributed by atoms with Gasteiger partial charge in [-0.2, -0.15) is 5.10 Å². The molecule has 4 heterocycles. The maximum Gasteiger partial charge on any atom is 0.261 e. The molecule has 150 valence electrons. The summed E-state index contributed by atoms with van der Waals surface area (Å²) in [6.07, 6.45) is 4.11. The van der Waals surface area contributed by atoms with Crippen molar-refractivity contribution in [2.24, 2.45) is 5.92 Å². The highest BCUT2D eigenvalue weighted by Crippen LogP contribution is 2.29. The fourth-order valence-corrected chi connectivity index (χ4v) is 5.00. The van der Waals surface area contributed by atoms with E-state index in [1.165, 1.54) is 24.2 Å². The summed E-state index contributed by atoms with van der Waals surface area (Å²) in [5.41, 5.74) is 0.983. The third-order valence-electron chi connectivity index (χ3n) is 5.28. The first kappa shape index (κ1) is 19.2. The second kappa shape index (κ2) is 8.09. The lowest BCUT2D eigenvalue weighted by molar-refractivity contribution is 0.0938. The largest absolute Gasteiger partial charge is 0.468 e. The average molecular weight is 401 g/mol. The van der Waals surface area contributed by atoms with Crippen LogP contribution < -0.4 is 5.32 Å². The first-order chi connectivity index (χ1) is 13.5. The van der Waals surface area contributed by atoms with Crippen LogP contribution in [0.3, 0.4) is 0 Å². The minimum Gasteiger partial charge on any atom is -0.468 e. The van der Waals surface area contributed by atoms with E-state index in [1.54, 1.807) is 6.26 Å². The molecule has 6 nitrogen and oxygen atoms in total. The molecule has 0 aliphatic carbocycles. The van der Waals surface area contributed by atoms with Crippen molar-refractivity contribution in [1.29, 1.82) is 0 Å². The van der Waals surface area contributed by atoms with Gasteiger partial charge in [-0.15, -0.1) is 11.3 Å². The summed E-state index contributed by atoms with van der Waals surface area (Å²) in [6, 6.07) is 5.98. The van der Waals surface area contributed by atoms with Crippen molar-refractivity contribution in [2.45, 2.75) is 46.2 Å². The Balaban J connectivity index is 1.49. The van der Waals surface area contributed by atoms with E-state index in [1.807, 2.05) is 29.8 Å². The molecule has 7 heteroatoms. The number of aromatic nitrogens is 2. The molecule has 0 radical (unpaired) electrons. The molecule has 0 saturated carbocycles. The zero-order valence-corrected chi connectivity index (χ0v) is 17.6. The summed E-state index contributed by atoms with van der Waals surface area (Å²) in [5, 5.41) is 8.84. The lowest BCUT2D eigenvalue weighted by Gasteiger charge is -2.25. The van der Waals surface area contributed by atoms with E-state index in [0.29, 0.717) is 12.5 Å². The Morgan fingerprint density at radius 1 is 1.36 bits per heavy atom. The average Bonchev–Trinajstić information content (AvgIpc) is 3.42. The molecule has 1 amide bonds. The van der Waals surface area contributed by atoms with Gasteiger partial charge in [-0.25, -0.2) is 0 Å². The van der Waals surface area contributed by atoms with E-state index in [0.717, 1.165) is 46.2 Å². The van der Waals surface area contributed by atoms with E-state index in [-0.39, 0.29) is 11.9 Å². The maximum atomic E-state index is 12.9. The molecule has 3 aromatic rings. The molecule has 1 atom stereocenters. The Morgan fingerprint density at radius 2 is 2.14 bits per heavy atom. The van der Waals surface area contributed by atoms with Crippen LogP contribution in [0.2, 0.25) is 0 Å². The predicted molar refractivity (Wildman–Crippen MR) is 112 cm³/mol. The second-order valence-electron chi connectivity index (χ2n) is 7.98. The van der Waals surface area contributed by atoms with Gasteiger partial charge in [0.15, 0.2) is 0 Å². The van der Waals surface area contributed by atoms with Crippen LogP contribution >= 0.6 is 11.3 Å². The van der Waals surface area contributed by atoms with Gasteiger partial charge >= 0.3 is 0 Å². The minimum atomic E-state index is -0.0209. The van der Waals surface area contributed by atoms with Crippen molar-refractivity contribution in [3.8, 4) is 0 Å².